The van der Waals surface area contributed by atoms with E-state index in [0.717, 1.165) is 12.3 Å². The van der Waals surface area contributed by atoms with Gasteiger partial charge in [-0.1, -0.05) is 0 Å². The Bertz CT molecular complexity index is 543. The van der Waals surface area contributed by atoms with Gasteiger partial charge in [0.2, 0.25) is 5.88 Å². The van der Waals surface area contributed by atoms with Gasteiger partial charge in [0, 0.05) is 6.20 Å². The van der Waals surface area contributed by atoms with E-state index in [1.807, 2.05) is 0 Å². The predicted molar refractivity (Wildman–Crippen MR) is 61.3 cm³/mol. The van der Waals surface area contributed by atoms with Crippen LogP contribution in [0.1, 0.15) is 5.69 Å². The first-order valence-electron chi connectivity index (χ1n) is 4.78. The topological polar surface area (TPSA) is 35.0 Å². The number of alkyl halides is 3. The molecule has 0 amide bonds. The molecule has 0 saturated carbocycles. The van der Waals surface area contributed by atoms with Crippen LogP contribution in [0.2, 0.25) is 0 Å². The maximum Gasteiger partial charge on any atom is 0.433 e. The van der Waals surface area contributed by atoms with Crippen molar-refractivity contribution in [3.8, 4) is 11.6 Å². The van der Waals surface area contributed by atoms with Crippen LogP contribution in [0.3, 0.4) is 0 Å². The average molecular weight is 319 g/mol. The molecule has 18 heavy (non-hydrogen) atoms. The SMILES string of the molecule is FC(F)(F)c1ccc(Oc2ncccc2Br)cn1. The molecule has 0 bridgehead atoms. The van der Waals surface area contributed by atoms with Gasteiger partial charge in [0.25, 0.3) is 0 Å². The van der Waals surface area contributed by atoms with Crippen molar-refractivity contribution in [1.29, 1.82) is 0 Å². The van der Waals surface area contributed by atoms with E-state index >= 15 is 0 Å². The number of hydrogen-bond acceptors (Lipinski definition) is 3. The summed E-state index contributed by atoms with van der Waals surface area (Å²) in [6, 6.07) is 5.45. The van der Waals surface area contributed by atoms with Gasteiger partial charge in [-0.15, -0.1) is 0 Å². The zero-order valence-electron chi connectivity index (χ0n) is 8.78. The van der Waals surface area contributed by atoms with E-state index in [1.165, 1.54) is 12.3 Å². The highest BCUT2D eigenvalue weighted by atomic mass is 79.9. The lowest BCUT2D eigenvalue weighted by Crippen LogP contribution is -2.07. The first kappa shape index (κ1) is 12.8. The van der Waals surface area contributed by atoms with Crippen LogP contribution in [0.5, 0.6) is 11.6 Å². The first-order chi connectivity index (χ1) is 8.47. The van der Waals surface area contributed by atoms with Crippen LogP contribution in [0, 0.1) is 0 Å². The van der Waals surface area contributed by atoms with Crippen LogP contribution >= 0.6 is 15.9 Å². The molecule has 2 heterocycles. The molecule has 0 aliphatic heterocycles. The van der Waals surface area contributed by atoms with Crippen molar-refractivity contribution in [2.45, 2.75) is 6.18 Å². The minimum atomic E-state index is -4.45. The second-order valence-electron chi connectivity index (χ2n) is 3.27. The fraction of sp³-hybridized carbons (Fsp3) is 0.0909. The van der Waals surface area contributed by atoms with Crippen molar-refractivity contribution >= 4 is 15.9 Å². The summed E-state index contributed by atoms with van der Waals surface area (Å²) >= 11 is 3.21. The Balaban J connectivity index is 2.19. The fourth-order valence-corrected chi connectivity index (χ4v) is 1.50. The zero-order valence-corrected chi connectivity index (χ0v) is 10.4. The molecule has 0 saturated heterocycles. The molecule has 0 fully saturated rings. The molecule has 0 radical (unpaired) electrons. The minimum absolute atomic E-state index is 0.183. The lowest BCUT2D eigenvalue weighted by molar-refractivity contribution is -0.141. The lowest BCUT2D eigenvalue weighted by Gasteiger charge is -2.08. The van der Waals surface area contributed by atoms with Crippen molar-refractivity contribution in [2.24, 2.45) is 0 Å². The third kappa shape index (κ3) is 2.98. The van der Waals surface area contributed by atoms with Crippen molar-refractivity contribution in [2.75, 3.05) is 0 Å². The highest BCUT2D eigenvalue weighted by Gasteiger charge is 2.32. The third-order valence-corrected chi connectivity index (χ3v) is 2.57. The number of nitrogens with zero attached hydrogens (tertiary/aromatic N) is 2. The summed E-state index contributed by atoms with van der Waals surface area (Å²) in [5.41, 5.74) is -0.963. The number of halogens is 4. The highest BCUT2D eigenvalue weighted by Crippen LogP contribution is 2.30. The minimum Gasteiger partial charge on any atom is -0.436 e. The normalized spacial score (nSPS) is 11.3. The average Bonchev–Trinajstić information content (AvgIpc) is 2.32. The molecule has 0 aliphatic rings. The quantitative estimate of drug-likeness (QED) is 0.837. The number of aromatic nitrogens is 2. The molecule has 94 valence electrons. The summed E-state index contributed by atoms with van der Waals surface area (Å²) in [6.07, 6.45) is -1.94. The van der Waals surface area contributed by atoms with E-state index in [1.54, 1.807) is 12.1 Å². The summed E-state index contributed by atoms with van der Waals surface area (Å²) in [5.74, 6) is 0.446. The standard InChI is InChI=1S/C11H6BrF3N2O/c12-8-2-1-5-16-10(8)18-7-3-4-9(17-6-7)11(13,14)15/h1-6H. The Morgan fingerprint density at radius 2 is 1.89 bits per heavy atom. The second kappa shape index (κ2) is 4.93. The number of ether oxygens (including phenoxy) is 1. The largest absolute Gasteiger partial charge is 0.436 e. The van der Waals surface area contributed by atoms with Crippen LogP contribution in [-0.4, -0.2) is 9.97 Å². The van der Waals surface area contributed by atoms with Gasteiger partial charge in [-0.3, -0.25) is 0 Å². The molecule has 2 aromatic rings. The van der Waals surface area contributed by atoms with Crippen molar-refractivity contribution in [3.05, 3.63) is 46.8 Å². The van der Waals surface area contributed by atoms with Gasteiger partial charge >= 0.3 is 6.18 Å². The second-order valence-corrected chi connectivity index (χ2v) is 4.12. The first-order valence-corrected chi connectivity index (χ1v) is 5.58. The Hall–Kier alpha value is -1.63. The van der Waals surface area contributed by atoms with E-state index in [9.17, 15) is 13.2 Å². The van der Waals surface area contributed by atoms with Gasteiger partial charge in [-0.2, -0.15) is 13.2 Å². The third-order valence-electron chi connectivity index (χ3n) is 1.97. The maximum absolute atomic E-state index is 12.3. The molecule has 0 aromatic carbocycles. The Morgan fingerprint density at radius 1 is 1.11 bits per heavy atom. The van der Waals surface area contributed by atoms with Gasteiger partial charge < -0.3 is 4.74 Å². The number of rotatable bonds is 2. The van der Waals surface area contributed by atoms with Crippen LogP contribution < -0.4 is 4.74 Å². The van der Waals surface area contributed by atoms with Crippen LogP contribution in [0.4, 0.5) is 13.2 Å². The summed E-state index contributed by atoms with van der Waals surface area (Å²) in [4.78, 5) is 7.21. The van der Waals surface area contributed by atoms with Crippen LogP contribution in [0.15, 0.2) is 41.1 Å². The van der Waals surface area contributed by atoms with E-state index in [2.05, 4.69) is 25.9 Å². The summed E-state index contributed by atoms with van der Waals surface area (Å²) in [6.45, 7) is 0. The van der Waals surface area contributed by atoms with Crippen molar-refractivity contribution in [1.82, 2.24) is 9.97 Å². The van der Waals surface area contributed by atoms with Gasteiger partial charge in [0.1, 0.15) is 11.4 Å². The van der Waals surface area contributed by atoms with E-state index in [0.29, 0.717) is 4.47 Å². The molecule has 2 aromatic heterocycles. The molecule has 0 aliphatic carbocycles. The lowest BCUT2D eigenvalue weighted by atomic mass is 10.3. The maximum atomic E-state index is 12.3. The zero-order chi connectivity index (χ0) is 13.2. The smallest absolute Gasteiger partial charge is 0.433 e. The molecule has 0 unspecified atom stereocenters. The molecular formula is C11H6BrF3N2O. The summed E-state index contributed by atoms with van der Waals surface area (Å²) < 4.78 is 42.8. The molecule has 0 atom stereocenters. The van der Waals surface area contributed by atoms with Gasteiger partial charge in [-0.05, 0) is 40.2 Å². The Labute approximate surface area is 109 Å². The Kier molecular flexibility index (Phi) is 3.51. The fourth-order valence-electron chi connectivity index (χ4n) is 1.17. The highest BCUT2D eigenvalue weighted by molar-refractivity contribution is 9.10. The van der Waals surface area contributed by atoms with Gasteiger partial charge in [0.05, 0.1) is 10.7 Å². The molecule has 7 heteroatoms. The van der Waals surface area contributed by atoms with Crippen LogP contribution in [0.25, 0.3) is 0 Å². The van der Waals surface area contributed by atoms with Crippen molar-refractivity contribution < 1.29 is 17.9 Å². The predicted octanol–water partition coefficient (Wildman–Crippen LogP) is 4.05. The molecule has 0 N–H and O–H groups in total. The van der Waals surface area contributed by atoms with Crippen molar-refractivity contribution in [3.63, 3.8) is 0 Å². The molecule has 2 rings (SSSR count). The molecular weight excluding hydrogens is 313 g/mol. The monoisotopic (exact) mass is 318 g/mol. The number of hydrogen-bond donors (Lipinski definition) is 0. The molecule has 3 nitrogen and oxygen atoms in total. The summed E-state index contributed by atoms with van der Waals surface area (Å²) in [5, 5.41) is 0. The van der Waals surface area contributed by atoms with Gasteiger partial charge in [-0.25, -0.2) is 9.97 Å². The molecule has 0 spiro atoms. The Morgan fingerprint density at radius 3 is 2.44 bits per heavy atom. The van der Waals surface area contributed by atoms with E-state index in [4.69, 9.17) is 4.74 Å². The van der Waals surface area contributed by atoms with E-state index < -0.39 is 11.9 Å². The van der Waals surface area contributed by atoms with E-state index in [-0.39, 0.29) is 11.6 Å². The summed E-state index contributed by atoms with van der Waals surface area (Å²) in [7, 11) is 0. The number of pyridine rings is 2. The van der Waals surface area contributed by atoms with Gasteiger partial charge in [0.15, 0.2) is 0 Å². The van der Waals surface area contributed by atoms with Crippen LogP contribution in [-0.2, 0) is 6.18 Å².